The molecule has 0 aromatic heterocycles. The van der Waals surface area contributed by atoms with E-state index in [9.17, 15) is 9.18 Å². The van der Waals surface area contributed by atoms with E-state index in [0.717, 1.165) is 0 Å². The molecule has 0 aliphatic carbocycles. The third-order valence-corrected chi connectivity index (χ3v) is 2.41. The van der Waals surface area contributed by atoms with E-state index in [4.69, 9.17) is 4.74 Å². The quantitative estimate of drug-likeness (QED) is 0.664. The van der Waals surface area contributed by atoms with Crippen LogP contribution in [0.2, 0.25) is 0 Å². The van der Waals surface area contributed by atoms with Crippen LogP contribution in [0.5, 0.6) is 0 Å². The fraction of sp³-hybridized carbons (Fsp3) is 0.438. The van der Waals surface area contributed by atoms with Gasteiger partial charge in [-0.15, -0.1) is 0 Å². The second-order valence-electron chi connectivity index (χ2n) is 5.39. The smallest absolute Gasteiger partial charge is 0.407 e. The minimum absolute atomic E-state index is 0.260. The lowest BCUT2D eigenvalue weighted by Crippen LogP contribution is -2.32. The number of ether oxygens (including phenoxy) is 1. The number of rotatable bonds is 2. The Balaban J connectivity index is 2.41. The molecule has 1 aromatic carbocycles. The van der Waals surface area contributed by atoms with Crippen molar-refractivity contribution in [3.63, 3.8) is 0 Å². The summed E-state index contributed by atoms with van der Waals surface area (Å²) in [6.45, 7) is 7.51. The van der Waals surface area contributed by atoms with E-state index < -0.39 is 11.7 Å². The van der Waals surface area contributed by atoms with Gasteiger partial charge in [-0.2, -0.15) is 0 Å². The molecular formula is C16H20FNO2. The first-order valence-corrected chi connectivity index (χ1v) is 6.50. The van der Waals surface area contributed by atoms with Gasteiger partial charge in [0.25, 0.3) is 0 Å². The van der Waals surface area contributed by atoms with Crippen molar-refractivity contribution in [2.24, 2.45) is 0 Å². The van der Waals surface area contributed by atoms with Gasteiger partial charge in [0.15, 0.2) is 0 Å². The molecule has 1 aromatic rings. The molecule has 0 atom stereocenters. The predicted octanol–water partition coefficient (Wildman–Crippen LogP) is 3.40. The lowest BCUT2D eigenvalue weighted by atomic mass is 10.1. The average molecular weight is 277 g/mol. The number of alkyl carbamates (subject to hydrolysis) is 1. The molecule has 0 aliphatic heterocycles. The number of hydrogen-bond acceptors (Lipinski definition) is 2. The highest BCUT2D eigenvalue weighted by atomic mass is 19.1. The zero-order valence-electron chi connectivity index (χ0n) is 12.3. The van der Waals surface area contributed by atoms with E-state index in [0.29, 0.717) is 24.1 Å². The maximum Gasteiger partial charge on any atom is 0.407 e. The minimum atomic E-state index is -0.506. The summed E-state index contributed by atoms with van der Waals surface area (Å²) in [6.07, 6.45) is 0.0242. The monoisotopic (exact) mass is 277 g/mol. The maximum atomic E-state index is 13.3. The Morgan fingerprint density at radius 3 is 2.75 bits per heavy atom. The number of amides is 1. The number of carbonyl (C=O) groups excluding carboxylic acids is 1. The third kappa shape index (κ3) is 5.75. The Morgan fingerprint density at radius 2 is 2.10 bits per heavy atom. The molecule has 0 saturated heterocycles. The van der Waals surface area contributed by atoms with Crippen LogP contribution in [0.1, 0.15) is 38.3 Å². The van der Waals surface area contributed by atoms with Crippen LogP contribution < -0.4 is 5.32 Å². The fourth-order valence-corrected chi connectivity index (χ4v) is 1.44. The van der Waals surface area contributed by atoms with Gasteiger partial charge in [0.2, 0.25) is 0 Å². The van der Waals surface area contributed by atoms with Gasteiger partial charge in [0, 0.05) is 24.1 Å². The average Bonchev–Trinajstić information content (AvgIpc) is 2.31. The highest BCUT2D eigenvalue weighted by Crippen LogP contribution is 2.10. The van der Waals surface area contributed by atoms with Crippen LogP contribution in [0.4, 0.5) is 9.18 Å². The highest BCUT2D eigenvalue weighted by Gasteiger charge is 2.15. The molecule has 20 heavy (non-hydrogen) atoms. The zero-order chi connectivity index (χ0) is 15.2. The zero-order valence-corrected chi connectivity index (χ0v) is 12.3. The topological polar surface area (TPSA) is 38.3 Å². The third-order valence-electron chi connectivity index (χ3n) is 2.41. The summed E-state index contributed by atoms with van der Waals surface area (Å²) >= 11 is 0. The van der Waals surface area contributed by atoms with Crippen molar-refractivity contribution in [1.29, 1.82) is 0 Å². The number of hydrogen-bond donors (Lipinski definition) is 1. The molecule has 108 valence electrons. The summed E-state index contributed by atoms with van der Waals surface area (Å²) in [5.74, 6) is 5.53. The van der Waals surface area contributed by atoms with E-state index in [1.165, 1.54) is 6.07 Å². The van der Waals surface area contributed by atoms with Crippen molar-refractivity contribution in [3.05, 3.63) is 35.1 Å². The maximum absolute atomic E-state index is 13.3. The van der Waals surface area contributed by atoms with Crippen LogP contribution in [-0.2, 0) is 4.74 Å². The van der Waals surface area contributed by atoms with Gasteiger partial charge in [-0.05, 0) is 39.8 Å². The Labute approximate surface area is 119 Å². The van der Waals surface area contributed by atoms with Gasteiger partial charge >= 0.3 is 6.09 Å². The van der Waals surface area contributed by atoms with Gasteiger partial charge in [-0.1, -0.05) is 17.9 Å². The standard InChI is InChI=1S/C16H20FNO2/c1-12-13(9-7-10-14(12)17)8-5-6-11-18-15(19)20-16(2,3)4/h7,9-10H,6,11H2,1-4H3,(H,18,19). The number of carbonyl (C=O) groups is 1. The van der Waals surface area contributed by atoms with Gasteiger partial charge in [-0.3, -0.25) is 0 Å². The van der Waals surface area contributed by atoms with Crippen molar-refractivity contribution < 1.29 is 13.9 Å². The molecule has 0 aliphatic rings. The summed E-state index contributed by atoms with van der Waals surface area (Å²) in [7, 11) is 0. The largest absolute Gasteiger partial charge is 0.444 e. The van der Waals surface area contributed by atoms with Crippen LogP contribution in [-0.4, -0.2) is 18.2 Å². The lowest BCUT2D eigenvalue weighted by Gasteiger charge is -2.19. The van der Waals surface area contributed by atoms with Crippen molar-refractivity contribution in [1.82, 2.24) is 5.32 Å². The molecule has 0 spiro atoms. The highest BCUT2D eigenvalue weighted by molar-refractivity contribution is 5.67. The lowest BCUT2D eigenvalue weighted by molar-refractivity contribution is 0.0529. The van der Waals surface area contributed by atoms with E-state index in [-0.39, 0.29) is 5.82 Å². The van der Waals surface area contributed by atoms with Crippen LogP contribution in [0, 0.1) is 24.6 Å². The van der Waals surface area contributed by atoms with E-state index in [2.05, 4.69) is 17.2 Å². The molecule has 1 amide bonds. The number of halogens is 1. The fourth-order valence-electron chi connectivity index (χ4n) is 1.44. The Kier molecular flexibility index (Phi) is 5.57. The van der Waals surface area contributed by atoms with E-state index >= 15 is 0 Å². The second-order valence-corrected chi connectivity index (χ2v) is 5.39. The van der Waals surface area contributed by atoms with E-state index in [1.807, 2.05) is 0 Å². The van der Waals surface area contributed by atoms with Crippen molar-refractivity contribution in [2.75, 3.05) is 6.54 Å². The van der Waals surface area contributed by atoms with Gasteiger partial charge in [0.1, 0.15) is 11.4 Å². The van der Waals surface area contributed by atoms with Gasteiger partial charge in [-0.25, -0.2) is 9.18 Å². The summed E-state index contributed by atoms with van der Waals surface area (Å²) in [5, 5.41) is 2.61. The van der Waals surface area contributed by atoms with Crippen molar-refractivity contribution in [3.8, 4) is 11.8 Å². The molecule has 0 saturated carbocycles. The van der Waals surface area contributed by atoms with Crippen molar-refractivity contribution in [2.45, 2.75) is 39.7 Å². The van der Waals surface area contributed by atoms with Crippen LogP contribution in [0.3, 0.4) is 0 Å². The van der Waals surface area contributed by atoms with Gasteiger partial charge < -0.3 is 10.1 Å². The van der Waals surface area contributed by atoms with Crippen molar-refractivity contribution >= 4 is 6.09 Å². The van der Waals surface area contributed by atoms with Crippen LogP contribution in [0.25, 0.3) is 0 Å². The molecule has 3 nitrogen and oxygen atoms in total. The Hall–Kier alpha value is -2.02. The summed E-state index contributed by atoms with van der Waals surface area (Å²) in [4.78, 5) is 11.4. The molecule has 4 heteroatoms. The van der Waals surface area contributed by atoms with Crippen LogP contribution >= 0.6 is 0 Å². The molecule has 1 N–H and O–H groups in total. The molecule has 1 rings (SSSR count). The first-order chi connectivity index (χ1) is 9.29. The first-order valence-electron chi connectivity index (χ1n) is 6.50. The number of nitrogens with one attached hydrogen (secondary N) is 1. The molecule has 0 heterocycles. The Bertz CT molecular complexity index is 536. The van der Waals surface area contributed by atoms with Crippen LogP contribution in [0.15, 0.2) is 18.2 Å². The second kappa shape index (κ2) is 6.95. The summed E-state index contributed by atoms with van der Waals surface area (Å²) in [6, 6.07) is 4.81. The minimum Gasteiger partial charge on any atom is -0.444 e. The SMILES string of the molecule is Cc1c(F)cccc1C#CCCNC(=O)OC(C)(C)C. The number of benzene rings is 1. The van der Waals surface area contributed by atoms with Gasteiger partial charge in [0.05, 0.1) is 0 Å². The normalized spacial score (nSPS) is 10.4. The molecule has 0 bridgehead atoms. The Morgan fingerprint density at radius 1 is 1.40 bits per heavy atom. The molecule has 0 unspecified atom stereocenters. The predicted molar refractivity (Wildman–Crippen MR) is 76.9 cm³/mol. The summed E-state index contributed by atoms with van der Waals surface area (Å²) < 4.78 is 18.4. The molecule has 0 fully saturated rings. The molecule has 0 radical (unpaired) electrons. The van der Waals surface area contributed by atoms with E-state index in [1.54, 1.807) is 39.8 Å². The summed E-state index contributed by atoms with van der Waals surface area (Å²) in [5.41, 5.74) is 0.705. The molecular weight excluding hydrogens is 257 g/mol. The first kappa shape index (κ1) is 16.0.